The minimum atomic E-state index is -0.466. The number of benzene rings is 3. The minimum Gasteiger partial charge on any atom is -0.493 e. The molecule has 30 heavy (non-hydrogen) atoms. The summed E-state index contributed by atoms with van der Waals surface area (Å²) in [5, 5.41) is 0.264. The van der Waals surface area contributed by atoms with Gasteiger partial charge in [-0.1, -0.05) is 29.8 Å². The fourth-order valence-electron chi connectivity index (χ4n) is 4.05. The monoisotopic (exact) mass is 428 g/mol. The Kier molecular flexibility index (Phi) is 5.48. The van der Waals surface area contributed by atoms with Gasteiger partial charge in [0.2, 0.25) is 5.71 Å². The van der Waals surface area contributed by atoms with Gasteiger partial charge < -0.3 is 9.47 Å². The van der Waals surface area contributed by atoms with Gasteiger partial charge in [0.25, 0.3) is 5.69 Å². The summed E-state index contributed by atoms with van der Waals surface area (Å²) < 4.78 is 42.7. The molecule has 0 aliphatic carbocycles. The van der Waals surface area contributed by atoms with E-state index in [1.165, 1.54) is 12.1 Å². The topological polar surface area (TPSA) is 21.5 Å². The van der Waals surface area contributed by atoms with Crippen LogP contribution in [0.3, 0.4) is 0 Å². The molecule has 0 fully saturated rings. The number of rotatable bonds is 4. The Morgan fingerprint density at radius 2 is 1.57 bits per heavy atom. The lowest BCUT2D eigenvalue weighted by Crippen LogP contribution is -2.35. The summed E-state index contributed by atoms with van der Waals surface area (Å²) in [7, 11) is 3.12. The van der Waals surface area contributed by atoms with Crippen molar-refractivity contribution in [3.63, 3.8) is 0 Å². The highest BCUT2D eigenvalue weighted by Gasteiger charge is 2.38. The maximum absolute atomic E-state index is 15.0. The van der Waals surface area contributed by atoms with Crippen molar-refractivity contribution in [1.29, 1.82) is 0 Å². The van der Waals surface area contributed by atoms with Crippen LogP contribution in [-0.4, -0.2) is 30.5 Å². The van der Waals surface area contributed by atoms with E-state index in [2.05, 4.69) is 0 Å². The van der Waals surface area contributed by atoms with Crippen molar-refractivity contribution in [3.05, 3.63) is 87.9 Å². The van der Waals surface area contributed by atoms with Crippen molar-refractivity contribution in [3.8, 4) is 11.5 Å². The van der Waals surface area contributed by atoms with Crippen molar-refractivity contribution in [1.82, 2.24) is 0 Å². The van der Waals surface area contributed by atoms with E-state index >= 15 is 0 Å². The van der Waals surface area contributed by atoms with Crippen LogP contribution in [0.2, 0.25) is 5.02 Å². The molecule has 4 rings (SSSR count). The van der Waals surface area contributed by atoms with Crippen LogP contribution in [0.4, 0.5) is 14.5 Å². The summed E-state index contributed by atoms with van der Waals surface area (Å²) in [5.74, 6) is 0.236. The van der Waals surface area contributed by atoms with Gasteiger partial charge in [0, 0.05) is 6.42 Å². The molecule has 3 aromatic carbocycles. The Bertz CT molecular complexity index is 1140. The van der Waals surface area contributed by atoms with E-state index in [0.717, 1.165) is 11.1 Å². The van der Waals surface area contributed by atoms with Crippen LogP contribution in [0, 0.1) is 11.6 Å². The number of halogens is 3. The number of para-hydroxylation sites is 1. The Morgan fingerprint density at radius 1 is 0.900 bits per heavy atom. The molecule has 1 aliphatic heterocycles. The highest BCUT2D eigenvalue weighted by atomic mass is 35.5. The molecule has 0 amide bonds. The van der Waals surface area contributed by atoms with Gasteiger partial charge in [-0.05, 0) is 48.9 Å². The van der Waals surface area contributed by atoms with Crippen LogP contribution in [0.1, 0.15) is 23.6 Å². The van der Waals surface area contributed by atoms with Gasteiger partial charge in [0.15, 0.2) is 23.4 Å². The van der Waals surface area contributed by atoms with Crippen molar-refractivity contribution in [2.75, 3.05) is 14.2 Å². The van der Waals surface area contributed by atoms with Crippen molar-refractivity contribution in [2.45, 2.75) is 19.4 Å². The first-order valence-electron chi connectivity index (χ1n) is 9.56. The average molecular weight is 429 g/mol. The van der Waals surface area contributed by atoms with Crippen molar-refractivity contribution in [2.24, 2.45) is 0 Å². The molecular weight excluding hydrogens is 408 g/mol. The zero-order chi connectivity index (χ0) is 21.4. The van der Waals surface area contributed by atoms with E-state index in [4.69, 9.17) is 21.1 Å². The highest BCUT2D eigenvalue weighted by Crippen LogP contribution is 2.39. The van der Waals surface area contributed by atoms with E-state index in [9.17, 15) is 8.78 Å². The molecule has 1 atom stereocenters. The lowest BCUT2D eigenvalue weighted by atomic mass is 9.88. The number of nitrogens with zero attached hydrogens (tertiary/aromatic N) is 1. The molecule has 1 unspecified atom stereocenters. The predicted octanol–water partition coefficient (Wildman–Crippen LogP) is 5.76. The van der Waals surface area contributed by atoms with Gasteiger partial charge in [-0.15, -0.1) is 0 Å². The number of fused-ring (bicyclic) bond motifs is 1. The molecule has 0 radical (unpaired) electrons. The normalized spacial score (nSPS) is 15.7. The maximum atomic E-state index is 15.0. The van der Waals surface area contributed by atoms with Gasteiger partial charge in [0.1, 0.15) is 10.8 Å². The van der Waals surface area contributed by atoms with E-state index < -0.39 is 11.6 Å². The Morgan fingerprint density at radius 3 is 2.23 bits per heavy atom. The fourth-order valence-corrected chi connectivity index (χ4v) is 4.30. The van der Waals surface area contributed by atoms with Crippen LogP contribution in [-0.2, 0) is 6.42 Å². The first kappa shape index (κ1) is 20.4. The van der Waals surface area contributed by atoms with E-state index in [0.29, 0.717) is 29.2 Å². The summed E-state index contributed by atoms with van der Waals surface area (Å²) in [6, 6.07) is 14.5. The molecule has 0 N–H and O–H groups in total. The van der Waals surface area contributed by atoms with Gasteiger partial charge in [-0.2, -0.15) is 8.97 Å². The van der Waals surface area contributed by atoms with Crippen molar-refractivity contribution < 1.29 is 22.8 Å². The summed E-state index contributed by atoms with van der Waals surface area (Å²) in [5.41, 5.74) is 2.83. The summed E-state index contributed by atoms with van der Waals surface area (Å²) >= 11 is 6.42. The highest BCUT2D eigenvalue weighted by molar-refractivity contribution is 6.32. The molecule has 0 saturated heterocycles. The van der Waals surface area contributed by atoms with Gasteiger partial charge in [-0.3, -0.25) is 0 Å². The number of ether oxygens (including phenoxy) is 2. The molecule has 0 bridgehead atoms. The zero-order valence-corrected chi connectivity index (χ0v) is 17.6. The predicted molar refractivity (Wildman–Crippen MR) is 114 cm³/mol. The van der Waals surface area contributed by atoms with Crippen LogP contribution < -0.4 is 9.47 Å². The third-order valence-corrected chi connectivity index (χ3v) is 5.67. The van der Waals surface area contributed by atoms with Crippen LogP contribution in [0.25, 0.3) is 0 Å². The zero-order valence-electron chi connectivity index (χ0n) is 16.9. The fraction of sp³-hybridized carbons (Fsp3) is 0.208. The second kappa shape index (κ2) is 8.07. The van der Waals surface area contributed by atoms with E-state index in [-0.39, 0.29) is 16.8 Å². The number of methoxy groups -OCH3 is 2. The molecule has 3 aromatic rings. The van der Waals surface area contributed by atoms with Crippen molar-refractivity contribution >= 4 is 23.0 Å². The number of hydrogen-bond donors (Lipinski definition) is 0. The molecule has 1 aliphatic rings. The summed E-state index contributed by atoms with van der Waals surface area (Å²) in [6.07, 6.45) is 0.596. The van der Waals surface area contributed by atoms with Crippen LogP contribution >= 0.6 is 11.6 Å². The third-order valence-electron chi connectivity index (χ3n) is 5.37. The largest absolute Gasteiger partial charge is 0.493 e. The third kappa shape index (κ3) is 3.33. The standard InChI is InChI=1S/C24H21ClF2NO2/c1-14-11-15-12-21(29-2)22(30-3)13-17(15)23(16-7-4-5-9-19(16)26)28(14)24-18(25)8-6-10-20(24)27/h4-10,12-14H,11H2,1-3H3/q+1. The number of hydrogen-bond acceptors (Lipinski definition) is 2. The molecule has 154 valence electrons. The lowest BCUT2D eigenvalue weighted by Gasteiger charge is -2.25. The summed E-state index contributed by atoms with van der Waals surface area (Å²) in [4.78, 5) is 0. The molecule has 3 nitrogen and oxygen atoms in total. The van der Waals surface area contributed by atoms with Crippen LogP contribution in [0.15, 0.2) is 54.6 Å². The Labute approximate surface area is 179 Å². The molecule has 0 saturated carbocycles. The minimum absolute atomic E-state index is 0.181. The van der Waals surface area contributed by atoms with Gasteiger partial charge in [0.05, 0.1) is 25.3 Å². The second-order valence-corrected chi connectivity index (χ2v) is 7.59. The Hall–Kier alpha value is -2.92. The SMILES string of the molecule is COc1cc2c(cc1OC)C(c1ccccc1F)=[N+](c1c(F)cccc1Cl)C(C)C2. The molecule has 6 heteroatoms. The first-order valence-corrected chi connectivity index (χ1v) is 9.94. The average Bonchev–Trinajstić information content (AvgIpc) is 2.73. The Balaban J connectivity index is 2.14. The first-order chi connectivity index (χ1) is 14.5. The maximum Gasteiger partial charge on any atom is 0.260 e. The molecular formula is C24H21ClF2NO2+. The van der Waals surface area contributed by atoms with Gasteiger partial charge in [-0.25, -0.2) is 4.39 Å². The van der Waals surface area contributed by atoms with E-state index in [1.54, 1.807) is 49.1 Å². The smallest absolute Gasteiger partial charge is 0.260 e. The quantitative estimate of drug-likeness (QED) is 0.492. The molecule has 0 aromatic heterocycles. The molecule has 1 heterocycles. The summed E-state index contributed by atoms with van der Waals surface area (Å²) in [6.45, 7) is 1.96. The lowest BCUT2D eigenvalue weighted by molar-refractivity contribution is -0.483. The van der Waals surface area contributed by atoms with E-state index in [1.807, 2.05) is 19.1 Å². The second-order valence-electron chi connectivity index (χ2n) is 7.19. The van der Waals surface area contributed by atoms with Crippen LogP contribution in [0.5, 0.6) is 11.5 Å². The molecule has 0 spiro atoms. The van der Waals surface area contributed by atoms with Gasteiger partial charge >= 0.3 is 0 Å².